The van der Waals surface area contributed by atoms with Gasteiger partial charge in [0.05, 0.1) is 19.7 Å². The fourth-order valence-corrected chi connectivity index (χ4v) is 2.70. The monoisotopic (exact) mass is 294 g/mol. The first-order chi connectivity index (χ1) is 10.2. The Kier molecular flexibility index (Phi) is 6.74. The van der Waals surface area contributed by atoms with E-state index >= 15 is 0 Å². The van der Waals surface area contributed by atoms with Crippen molar-refractivity contribution in [2.45, 2.75) is 52.2 Å². The Hall–Kier alpha value is -0.840. The summed E-state index contributed by atoms with van der Waals surface area (Å²) < 4.78 is 11.2. The molecule has 1 aliphatic rings. The van der Waals surface area contributed by atoms with Crippen LogP contribution in [0.2, 0.25) is 0 Å². The lowest BCUT2D eigenvalue weighted by atomic mass is 10.2. The molecule has 1 aromatic rings. The minimum atomic E-state index is 0.618. The number of hydrogen-bond acceptors (Lipinski definition) is 4. The zero-order valence-electron chi connectivity index (χ0n) is 13.7. The molecule has 4 nitrogen and oxygen atoms in total. The Morgan fingerprint density at radius 1 is 1.38 bits per heavy atom. The van der Waals surface area contributed by atoms with E-state index in [0.717, 1.165) is 56.6 Å². The van der Waals surface area contributed by atoms with Crippen LogP contribution in [0.25, 0.3) is 0 Å². The number of methoxy groups -OCH3 is 1. The number of hydrogen-bond donors (Lipinski definition) is 1. The molecule has 1 fully saturated rings. The highest BCUT2D eigenvalue weighted by molar-refractivity contribution is 5.07. The first kappa shape index (κ1) is 16.5. The maximum atomic E-state index is 5.95. The van der Waals surface area contributed by atoms with Crippen LogP contribution in [0.15, 0.2) is 16.5 Å². The average Bonchev–Trinajstić information content (AvgIpc) is 3.24. The van der Waals surface area contributed by atoms with Crippen LogP contribution < -0.4 is 5.32 Å². The summed E-state index contributed by atoms with van der Waals surface area (Å²) in [5.74, 6) is 2.96. The van der Waals surface area contributed by atoms with Crippen LogP contribution >= 0.6 is 0 Å². The second kappa shape index (κ2) is 8.57. The van der Waals surface area contributed by atoms with Crippen molar-refractivity contribution < 1.29 is 9.15 Å². The van der Waals surface area contributed by atoms with E-state index < -0.39 is 0 Å². The lowest BCUT2D eigenvalue weighted by molar-refractivity contribution is 0.105. The van der Waals surface area contributed by atoms with Crippen LogP contribution in [0.1, 0.15) is 44.6 Å². The van der Waals surface area contributed by atoms with Crippen molar-refractivity contribution in [2.75, 3.05) is 26.8 Å². The second-order valence-corrected chi connectivity index (χ2v) is 6.09. The van der Waals surface area contributed by atoms with Gasteiger partial charge in [-0.15, -0.1) is 0 Å². The predicted octanol–water partition coefficient (Wildman–Crippen LogP) is 3.03. The van der Waals surface area contributed by atoms with Gasteiger partial charge in [-0.25, -0.2) is 0 Å². The topological polar surface area (TPSA) is 37.6 Å². The van der Waals surface area contributed by atoms with Crippen LogP contribution in [0, 0.1) is 5.92 Å². The highest BCUT2D eigenvalue weighted by atomic mass is 16.5. The highest BCUT2D eigenvalue weighted by Gasteiger charge is 2.32. The van der Waals surface area contributed by atoms with Crippen molar-refractivity contribution in [3.05, 3.63) is 23.7 Å². The maximum Gasteiger partial charge on any atom is 0.118 e. The van der Waals surface area contributed by atoms with Gasteiger partial charge < -0.3 is 14.5 Å². The number of ether oxygens (including phenoxy) is 1. The Balaban J connectivity index is 1.86. The first-order valence-corrected chi connectivity index (χ1v) is 8.26. The van der Waals surface area contributed by atoms with E-state index in [1.807, 2.05) is 0 Å². The first-order valence-electron chi connectivity index (χ1n) is 8.26. The molecule has 0 aliphatic heterocycles. The number of nitrogens with zero attached hydrogens (tertiary/aromatic N) is 1. The van der Waals surface area contributed by atoms with Gasteiger partial charge in [0.1, 0.15) is 11.5 Å². The standard InChI is InChI=1S/C17H30N2O2/c1-4-9-18-12-16-7-8-17(21-16)13-19(10-11-20-3)14(2)15-5-6-15/h7-8,14-15,18H,4-6,9-13H2,1-3H3. The van der Waals surface area contributed by atoms with Crippen molar-refractivity contribution in [1.82, 2.24) is 10.2 Å². The molecule has 1 aliphatic carbocycles. The minimum absolute atomic E-state index is 0.618. The van der Waals surface area contributed by atoms with Gasteiger partial charge in [-0.05, 0) is 50.8 Å². The van der Waals surface area contributed by atoms with Crippen LogP contribution in [0.5, 0.6) is 0 Å². The van der Waals surface area contributed by atoms with E-state index in [1.165, 1.54) is 12.8 Å². The summed E-state index contributed by atoms with van der Waals surface area (Å²) in [6, 6.07) is 4.82. The minimum Gasteiger partial charge on any atom is -0.463 e. The molecule has 1 unspecified atom stereocenters. The SMILES string of the molecule is CCCNCc1ccc(CN(CCOC)C(C)C2CC2)o1. The fraction of sp³-hybridized carbons (Fsp3) is 0.765. The van der Waals surface area contributed by atoms with E-state index in [-0.39, 0.29) is 0 Å². The lowest BCUT2D eigenvalue weighted by Crippen LogP contribution is -2.36. The van der Waals surface area contributed by atoms with Crippen LogP contribution in [0.4, 0.5) is 0 Å². The van der Waals surface area contributed by atoms with Crippen molar-refractivity contribution in [1.29, 1.82) is 0 Å². The molecule has 120 valence electrons. The Labute approximate surface area is 128 Å². The van der Waals surface area contributed by atoms with Crippen LogP contribution in [-0.4, -0.2) is 37.7 Å². The van der Waals surface area contributed by atoms with Crippen LogP contribution in [-0.2, 0) is 17.8 Å². The fourth-order valence-electron chi connectivity index (χ4n) is 2.70. The highest BCUT2D eigenvalue weighted by Crippen LogP contribution is 2.35. The molecule has 0 spiro atoms. The molecule has 1 saturated carbocycles. The molecule has 4 heteroatoms. The molecule has 21 heavy (non-hydrogen) atoms. The van der Waals surface area contributed by atoms with Crippen molar-refractivity contribution >= 4 is 0 Å². The quantitative estimate of drug-likeness (QED) is 0.637. The second-order valence-electron chi connectivity index (χ2n) is 6.09. The zero-order valence-corrected chi connectivity index (χ0v) is 13.7. The summed E-state index contributed by atoms with van der Waals surface area (Å²) >= 11 is 0. The van der Waals surface area contributed by atoms with E-state index in [4.69, 9.17) is 9.15 Å². The predicted molar refractivity (Wildman–Crippen MR) is 85.2 cm³/mol. The van der Waals surface area contributed by atoms with Gasteiger partial charge in [0.15, 0.2) is 0 Å². The van der Waals surface area contributed by atoms with Crippen LogP contribution in [0.3, 0.4) is 0 Å². The van der Waals surface area contributed by atoms with Gasteiger partial charge in [0, 0.05) is 19.7 Å². The van der Waals surface area contributed by atoms with Crippen molar-refractivity contribution in [3.8, 4) is 0 Å². The average molecular weight is 294 g/mol. The molecule has 2 rings (SSSR count). The Morgan fingerprint density at radius 2 is 2.14 bits per heavy atom. The number of rotatable bonds is 11. The van der Waals surface area contributed by atoms with E-state index in [1.54, 1.807) is 7.11 Å². The summed E-state index contributed by atoms with van der Waals surface area (Å²) in [7, 11) is 1.77. The summed E-state index contributed by atoms with van der Waals surface area (Å²) in [5.41, 5.74) is 0. The molecular weight excluding hydrogens is 264 g/mol. The van der Waals surface area contributed by atoms with Gasteiger partial charge in [0.2, 0.25) is 0 Å². The van der Waals surface area contributed by atoms with Gasteiger partial charge in [-0.3, -0.25) is 4.90 Å². The van der Waals surface area contributed by atoms with Gasteiger partial charge in [-0.2, -0.15) is 0 Å². The molecule has 0 aromatic carbocycles. The van der Waals surface area contributed by atoms with Gasteiger partial charge in [0.25, 0.3) is 0 Å². The number of nitrogens with one attached hydrogen (secondary N) is 1. The van der Waals surface area contributed by atoms with Gasteiger partial charge >= 0.3 is 0 Å². The number of furan rings is 1. The maximum absolute atomic E-state index is 5.95. The molecule has 0 bridgehead atoms. The van der Waals surface area contributed by atoms with E-state index in [2.05, 4.69) is 36.2 Å². The molecule has 0 radical (unpaired) electrons. The molecule has 0 amide bonds. The Bertz CT molecular complexity index is 401. The molecule has 1 heterocycles. The molecule has 0 saturated heterocycles. The zero-order chi connectivity index (χ0) is 15.1. The summed E-state index contributed by atoms with van der Waals surface area (Å²) in [6.45, 7) is 9.00. The molecule has 1 N–H and O–H groups in total. The smallest absolute Gasteiger partial charge is 0.118 e. The molecule has 1 aromatic heterocycles. The third-order valence-electron chi connectivity index (χ3n) is 4.27. The summed E-state index contributed by atoms with van der Waals surface area (Å²) in [4.78, 5) is 2.49. The van der Waals surface area contributed by atoms with Gasteiger partial charge in [-0.1, -0.05) is 6.92 Å². The normalized spacial score (nSPS) is 16.6. The third-order valence-corrected chi connectivity index (χ3v) is 4.27. The Morgan fingerprint density at radius 3 is 2.81 bits per heavy atom. The van der Waals surface area contributed by atoms with E-state index in [9.17, 15) is 0 Å². The summed E-state index contributed by atoms with van der Waals surface area (Å²) in [6.07, 6.45) is 3.89. The molecular formula is C17H30N2O2. The third kappa shape index (κ3) is 5.46. The lowest BCUT2D eigenvalue weighted by Gasteiger charge is -2.28. The van der Waals surface area contributed by atoms with Crippen molar-refractivity contribution in [2.24, 2.45) is 5.92 Å². The largest absolute Gasteiger partial charge is 0.463 e. The van der Waals surface area contributed by atoms with E-state index in [0.29, 0.717) is 6.04 Å². The molecule has 1 atom stereocenters. The summed E-state index contributed by atoms with van der Waals surface area (Å²) in [5, 5.41) is 3.38. The van der Waals surface area contributed by atoms with Crippen molar-refractivity contribution in [3.63, 3.8) is 0 Å².